The van der Waals surface area contributed by atoms with Crippen LogP contribution in [0.4, 0.5) is 27.6 Å². The Kier molecular flexibility index (Phi) is 5.31. The summed E-state index contributed by atoms with van der Waals surface area (Å²) in [6, 6.07) is 3.71. The van der Waals surface area contributed by atoms with Crippen LogP contribution in [0.5, 0.6) is 0 Å². The second-order valence-electron chi connectivity index (χ2n) is 5.24. The molecular weight excluding hydrogens is 385 g/mol. The van der Waals surface area contributed by atoms with Gasteiger partial charge in [-0.05, 0) is 25.1 Å². The Bertz CT molecular complexity index is 807. The van der Waals surface area contributed by atoms with Crippen LogP contribution < -0.4 is 5.32 Å². The third-order valence-electron chi connectivity index (χ3n) is 3.24. The number of ether oxygens (including phenoxy) is 1. The quantitative estimate of drug-likeness (QED) is 0.758. The fourth-order valence-electron chi connectivity index (χ4n) is 1.75. The van der Waals surface area contributed by atoms with Crippen molar-refractivity contribution in [2.75, 3.05) is 12.4 Å². The van der Waals surface area contributed by atoms with Crippen molar-refractivity contribution in [3.8, 4) is 0 Å². The summed E-state index contributed by atoms with van der Waals surface area (Å²) in [5.74, 6) is -1.17. The van der Waals surface area contributed by atoms with Gasteiger partial charge in [-0.1, -0.05) is 17.4 Å². The first-order chi connectivity index (χ1) is 11.9. The van der Waals surface area contributed by atoms with E-state index < -0.39 is 39.4 Å². The predicted molar refractivity (Wildman–Crippen MR) is 80.5 cm³/mol. The Morgan fingerprint density at radius 3 is 2.38 bits per heavy atom. The lowest BCUT2D eigenvalue weighted by Crippen LogP contribution is -2.37. The molecule has 12 heteroatoms. The number of methoxy groups -OCH3 is 1. The molecular formula is C14H12F5N3O3S. The number of aliphatic hydroxyl groups is 1. The average Bonchev–Trinajstić information content (AvgIpc) is 3.06. The van der Waals surface area contributed by atoms with E-state index in [-0.39, 0.29) is 17.0 Å². The minimum atomic E-state index is -4.62. The summed E-state index contributed by atoms with van der Waals surface area (Å²) in [7, 11) is 0.736. The number of amides is 1. The highest BCUT2D eigenvalue weighted by Crippen LogP contribution is 2.35. The van der Waals surface area contributed by atoms with Gasteiger partial charge in [-0.3, -0.25) is 4.79 Å². The van der Waals surface area contributed by atoms with Crippen LogP contribution >= 0.6 is 11.3 Å². The number of nitrogens with one attached hydrogen (secondary N) is 1. The van der Waals surface area contributed by atoms with Crippen LogP contribution in [-0.2, 0) is 27.4 Å². The minimum Gasteiger partial charge on any atom is -0.374 e. The summed E-state index contributed by atoms with van der Waals surface area (Å²) in [6.45, 7) is 0.950. The second kappa shape index (κ2) is 6.85. The standard InChI is InChI=1S/C14H12F5N3O3S/c1-12(24,10-21-22-11(26-10)14(18,19)25-2)9(23)20-8-5-3-4-7(6-8)13(15,16)17/h3-6,24H,1-2H3,(H,20,23). The summed E-state index contributed by atoms with van der Waals surface area (Å²) in [6.07, 6.45) is -8.38. The van der Waals surface area contributed by atoms with E-state index in [0.29, 0.717) is 6.07 Å². The Hall–Kier alpha value is -2.18. The SMILES string of the molecule is COC(F)(F)c1nnc(C(C)(O)C(=O)Nc2cccc(C(F)(F)F)c2)s1. The molecule has 142 valence electrons. The van der Waals surface area contributed by atoms with Crippen molar-refractivity contribution in [3.63, 3.8) is 0 Å². The molecule has 1 heterocycles. The number of halogens is 5. The Labute approximate surface area is 147 Å². The van der Waals surface area contributed by atoms with Gasteiger partial charge in [-0.15, -0.1) is 10.2 Å². The number of carbonyl (C=O) groups excluding carboxylic acids is 1. The normalized spacial score (nSPS) is 14.8. The first kappa shape index (κ1) is 20.1. The van der Waals surface area contributed by atoms with Crippen molar-refractivity contribution in [1.29, 1.82) is 0 Å². The van der Waals surface area contributed by atoms with Crippen molar-refractivity contribution >= 4 is 22.9 Å². The highest BCUT2D eigenvalue weighted by Gasteiger charge is 2.42. The minimum absolute atomic E-state index is 0.230. The lowest BCUT2D eigenvalue weighted by Gasteiger charge is -2.19. The van der Waals surface area contributed by atoms with Crippen molar-refractivity contribution in [1.82, 2.24) is 10.2 Å². The number of anilines is 1. The van der Waals surface area contributed by atoms with Gasteiger partial charge in [0.25, 0.3) is 5.91 Å². The summed E-state index contributed by atoms with van der Waals surface area (Å²) < 4.78 is 68.8. The maximum atomic E-state index is 13.4. The molecule has 0 aliphatic carbocycles. The van der Waals surface area contributed by atoms with E-state index in [4.69, 9.17) is 0 Å². The van der Waals surface area contributed by atoms with Gasteiger partial charge in [-0.2, -0.15) is 22.0 Å². The van der Waals surface area contributed by atoms with E-state index in [2.05, 4.69) is 20.3 Å². The maximum absolute atomic E-state index is 13.4. The highest BCUT2D eigenvalue weighted by atomic mass is 32.1. The van der Waals surface area contributed by atoms with Gasteiger partial charge in [0, 0.05) is 12.8 Å². The molecule has 0 aliphatic heterocycles. The first-order valence-electron chi connectivity index (χ1n) is 6.86. The molecule has 2 rings (SSSR count). The fourth-order valence-corrected chi connectivity index (χ4v) is 2.59. The first-order valence-corrected chi connectivity index (χ1v) is 7.68. The van der Waals surface area contributed by atoms with Crippen molar-refractivity contribution in [2.45, 2.75) is 24.8 Å². The fraction of sp³-hybridized carbons (Fsp3) is 0.357. The second-order valence-corrected chi connectivity index (χ2v) is 6.22. The van der Waals surface area contributed by atoms with Crippen LogP contribution in [-0.4, -0.2) is 28.3 Å². The van der Waals surface area contributed by atoms with Crippen molar-refractivity contribution in [3.05, 3.63) is 39.8 Å². The summed E-state index contributed by atoms with van der Waals surface area (Å²) in [4.78, 5) is 12.2. The number of rotatable bonds is 5. The Morgan fingerprint density at radius 1 is 1.19 bits per heavy atom. The summed E-state index contributed by atoms with van der Waals surface area (Å²) in [5, 5.41) is 17.5. The number of nitrogens with zero attached hydrogens (tertiary/aromatic N) is 2. The molecule has 0 fully saturated rings. The zero-order valence-corrected chi connectivity index (χ0v) is 14.1. The highest BCUT2D eigenvalue weighted by molar-refractivity contribution is 7.11. The van der Waals surface area contributed by atoms with Gasteiger partial charge >= 0.3 is 12.3 Å². The molecule has 1 aromatic heterocycles. The van der Waals surface area contributed by atoms with Crippen LogP contribution in [0, 0.1) is 0 Å². The lowest BCUT2D eigenvalue weighted by atomic mass is 10.1. The van der Waals surface area contributed by atoms with Gasteiger partial charge < -0.3 is 15.2 Å². The van der Waals surface area contributed by atoms with E-state index >= 15 is 0 Å². The topological polar surface area (TPSA) is 84.3 Å². The molecule has 0 aliphatic rings. The van der Waals surface area contributed by atoms with Gasteiger partial charge in [0.15, 0.2) is 10.6 Å². The van der Waals surface area contributed by atoms with Gasteiger partial charge in [0.05, 0.1) is 5.56 Å². The van der Waals surface area contributed by atoms with Crippen LogP contribution in [0.25, 0.3) is 0 Å². The molecule has 2 N–H and O–H groups in total. The number of carbonyl (C=O) groups is 1. The van der Waals surface area contributed by atoms with E-state index in [1.54, 1.807) is 0 Å². The summed E-state index contributed by atoms with van der Waals surface area (Å²) in [5.41, 5.74) is -3.65. The van der Waals surface area contributed by atoms with Gasteiger partial charge in [0.2, 0.25) is 5.01 Å². The third kappa shape index (κ3) is 4.14. The lowest BCUT2D eigenvalue weighted by molar-refractivity contribution is -0.231. The van der Waals surface area contributed by atoms with Gasteiger partial charge in [0.1, 0.15) is 0 Å². The zero-order valence-electron chi connectivity index (χ0n) is 13.3. The molecule has 1 amide bonds. The zero-order chi connectivity index (χ0) is 19.8. The number of benzene rings is 1. The molecule has 0 saturated carbocycles. The van der Waals surface area contributed by atoms with E-state index in [1.807, 2.05) is 0 Å². The third-order valence-corrected chi connectivity index (χ3v) is 4.42. The molecule has 26 heavy (non-hydrogen) atoms. The van der Waals surface area contributed by atoms with Crippen LogP contribution in [0.3, 0.4) is 0 Å². The number of aromatic nitrogens is 2. The predicted octanol–water partition coefficient (Wildman–Crippen LogP) is 3.10. The smallest absolute Gasteiger partial charge is 0.374 e. The average molecular weight is 397 g/mol. The largest absolute Gasteiger partial charge is 0.416 e. The molecule has 1 aromatic carbocycles. The molecule has 0 radical (unpaired) electrons. The van der Waals surface area contributed by atoms with Crippen molar-refractivity contribution < 1.29 is 36.6 Å². The molecule has 0 spiro atoms. The molecule has 6 nitrogen and oxygen atoms in total. The number of alkyl halides is 5. The maximum Gasteiger partial charge on any atom is 0.416 e. The molecule has 0 bridgehead atoms. The monoisotopic (exact) mass is 397 g/mol. The molecule has 1 unspecified atom stereocenters. The van der Waals surface area contributed by atoms with Crippen LogP contribution in [0.1, 0.15) is 22.5 Å². The molecule has 0 saturated heterocycles. The Balaban J connectivity index is 2.23. The van der Waals surface area contributed by atoms with E-state index in [1.165, 1.54) is 6.07 Å². The molecule has 2 aromatic rings. The van der Waals surface area contributed by atoms with Crippen LogP contribution in [0.2, 0.25) is 0 Å². The molecule has 1 atom stereocenters. The Morgan fingerprint density at radius 2 is 1.81 bits per heavy atom. The van der Waals surface area contributed by atoms with E-state index in [9.17, 15) is 31.9 Å². The van der Waals surface area contributed by atoms with Gasteiger partial charge in [-0.25, -0.2) is 0 Å². The van der Waals surface area contributed by atoms with E-state index in [0.717, 1.165) is 26.2 Å². The van der Waals surface area contributed by atoms with Crippen molar-refractivity contribution in [2.24, 2.45) is 0 Å². The van der Waals surface area contributed by atoms with Crippen LogP contribution in [0.15, 0.2) is 24.3 Å². The number of hydrogen-bond donors (Lipinski definition) is 2. The number of hydrogen-bond acceptors (Lipinski definition) is 6. The summed E-state index contributed by atoms with van der Waals surface area (Å²) >= 11 is 0.230.